The van der Waals surface area contributed by atoms with Crippen LogP contribution in [0.3, 0.4) is 0 Å². The number of nitrogens with one attached hydrogen (secondary N) is 3. The topological polar surface area (TPSA) is 102 Å². The zero-order valence-electron chi connectivity index (χ0n) is 20.7. The maximum absolute atomic E-state index is 13.2. The number of carbonyl (C=O) groups excluding carboxylic acids is 2. The molecule has 3 heterocycles. The highest BCUT2D eigenvalue weighted by Crippen LogP contribution is 2.36. The summed E-state index contributed by atoms with van der Waals surface area (Å²) in [5, 5.41) is 13.4. The van der Waals surface area contributed by atoms with E-state index in [-0.39, 0.29) is 29.8 Å². The van der Waals surface area contributed by atoms with E-state index in [1.54, 1.807) is 13.2 Å². The highest BCUT2D eigenvalue weighted by molar-refractivity contribution is 6.00. The van der Waals surface area contributed by atoms with Crippen molar-refractivity contribution in [2.24, 2.45) is 5.92 Å². The second-order valence-corrected chi connectivity index (χ2v) is 9.65. The molecule has 0 aromatic carbocycles. The molecule has 0 atom stereocenters. The Labute approximate surface area is 201 Å². The van der Waals surface area contributed by atoms with Gasteiger partial charge in [0.25, 0.3) is 5.91 Å². The lowest BCUT2D eigenvalue weighted by molar-refractivity contribution is -0.125. The molecule has 1 aliphatic heterocycles. The van der Waals surface area contributed by atoms with Crippen LogP contribution in [0.25, 0.3) is 0 Å². The van der Waals surface area contributed by atoms with E-state index in [1.165, 1.54) is 0 Å². The predicted octanol–water partition coefficient (Wildman–Crippen LogP) is 3.14. The van der Waals surface area contributed by atoms with Crippen molar-refractivity contribution in [2.75, 3.05) is 24.4 Å². The first-order valence-electron chi connectivity index (χ1n) is 12.0. The molecule has 34 heavy (non-hydrogen) atoms. The SMILES string of the molecule is CNC(=O)C1CCC(NC(=O)c2cnc(N3c4ncc(C)cc4CN3C)cc2NC(C)C)CC1. The number of hydrazine groups is 1. The maximum atomic E-state index is 13.2. The third-order valence-corrected chi connectivity index (χ3v) is 6.50. The van der Waals surface area contributed by atoms with Gasteiger partial charge in [-0.1, -0.05) is 0 Å². The monoisotopic (exact) mass is 465 g/mol. The summed E-state index contributed by atoms with van der Waals surface area (Å²) >= 11 is 0. The minimum atomic E-state index is -0.144. The first kappa shape index (κ1) is 23.9. The zero-order chi connectivity index (χ0) is 24.4. The molecule has 2 aromatic heterocycles. The standard InChI is InChI=1S/C25H35N7O2/c1-15(2)29-21-11-22(32-23-18(14-31(32)5)10-16(3)12-28-23)27-13-20(21)25(34)30-19-8-6-17(7-9-19)24(33)26-4/h10-13,15,17,19H,6-9,14H2,1-5H3,(H,26,33)(H,27,29)(H,30,34). The third-order valence-electron chi connectivity index (χ3n) is 6.50. The number of anilines is 3. The first-order valence-corrected chi connectivity index (χ1v) is 12.0. The van der Waals surface area contributed by atoms with Crippen molar-refractivity contribution in [1.82, 2.24) is 25.6 Å². The molecule has 2 aliphatic rings. The molecule has 9 nitrogen and oxygen atoms in total. The van der Waals surface area contributed by atoms with Crippen LogP contribution in [-0.4, -0.2) is 53.0 Å². The Morgan fingerprint density at radius 3 is 2.50 bits per heavy atom. The predicted molar refractivity (Wildman–Crippen MR) is 133 cm³/mol. The number of aryl methyl sites for hydroxylation is 1. The van der Waals surface area contributed by atoms with Crippen molar-refractivity contribution < 1.29 is 9.59 Å². The maximum Gasteiger partial charge on any atom is 0.255 e. The molecular formula is C25H35N7O2. The van der Waals surface area contributed by atoms with E-state index in [9.17, 15) is 9.59 Å². The van der Waals surface area contributed by atoms with E-state index >= 15 is 0 Å². The minimum Gasteiger partial charge on any atom is -0.382 e. The number of hydrogen-bond donors (Lipinski definition) is 3. The fourth-order valence-electron chi connectivity index (χ4n) is 4.83. The van der Waals surface area contributed by atoms with E-state index in [1.807, 2.05) is 45.1 Å². The second-order valence-electron chi connectivity index (χ2n) is 9.65. The number of aromatic nitrogens is 2. The van der Waals surface area contributed by atoms with Crippen LogP contribution in [0.4, 0.5) is 17.3 Å². The normalized spacial score (nSPS) is 20.2. The van der Waals surface area contributed by atoms with Crippen LogP contribution in [0.15, 0.2) is 24.5 Å². The molecule has 2 aromatic rings. The minimum absolute atomic E-state index is 0.0370. The van der Waals surface area contributed by atoms with Gasteiger partial charge in [0.1, 0.15) is 0 Å². The number of rotatable bonds is 6. The molecule has 1 fully saturated rings. The largest absolute Gasteiger partial charge is 0.382 e. The number of pyridine rings is 2. The molecule has 2 amide bonds. The molecule has 9 heteroatoms. The Morgan fingerprint density at radius 2 is 1.82 bits per heavy atom. The highest BCUT2D eigenvalue weighted by atomic mass is 16.2. The second kappa shape index (κ2) is 9.97. The van der Waals surface area contributed by atoms with Crippen molar-refractivity contribution in [3.05, 3.63) is 41.2 Å². The summed E-state index contributed by atoms with van der Waals surface area (Å²) in [7, 11) is 3.68. The highest BCUT2D eigenvalue weighted by Gasteiger charge is 2.30. The van der Waals surface area contributed by atoms with Crippen LogP contribution in [0.1, 0.15) is 61.0 Å². The summed E-state index contributed by atoms with van der Waals surface area (Å²) in [6.07, 6.45) is 6.66. The number of nitrogens with zero attached hydrogens (tertiary/aromatic N) is 4. The average Bonchev–Trinajstić information content (AvgIpc) is 3.13. The lowest BCUT2D eigenvalue weighted by Gasteiger charge is -2.29. The van der Waals surface area contributed by atoms with Gasteiger partial charge in [0.15, 0.2) is 11.6 Å². The molecule has 1 saturated carbocycles. The van der Waals surface area contributed by atoms with Crippen LogP contribution in [0, 0.1) is 12.8 Å². The number of carbonyl (C=O) groups is 2. The first-order chi connectivity index (χ1) is 16.3. The molecule has 0 saturated heterocycles. The van der Waals surface area contributed by atoms with Crippen molar-refractivity contribution in [3.8, 4) is 0 Å². The average molecular weight is 466 g/mol. The summed E-state index contributed by atoms with van der Waals surface area (Å²) in [6, 6.07) is 4.27. The van der Waals surface area contributed by atoms with E-state index in [0.29, 0.717) is 11.4 Å². The molecule has 182 valence electrons. The Balaban J connectivity index is 1.54. The van der Waals surface area contributed by atoms with Gasteiger partial charge in [-0.05, 0) is 58.1 Å². The van der Waals surface area contributed by atoms with Crippen molar-refractivity contribution in [1.29, 1.82) is 0 Å². The van der Waals surface area contributed by atoms with Crippen LogP contribution in [0.2, 0.25) is 0 Å². The quantitative estimate of drug-likeness (QED) is 0.602. The third kappa shape index (κ3) is 4.99. The van der Waals surface area contributed by atoms with Gasteiger partial charge in [-0.2, -0.15) is 0 Å². The van der Waals surface area contributed by atoms with Crippen LogP contribution in [-0.2, 0) is 11.3 Å². The fourth-order valence-corrected chi connectivity index (χ4v) is 4.83. The fraction of sp³-hybridized carbons (Fsp3) is 0.520. The van der Waals surface area contributed by atoms with Gasteiger partial charge in [0, 0.05) is 62.7 Å². The van der Waals surface area contributed by atoms with E-state index in [2.05, 4.69) is 37.0 Å². The summed E-state index contributed by atoms with van der Waals surface area (Å²) < 4.78 is 0. The van der Waals surface area contributed by atoms with Gasteiger partial charge in [0.2, 0.25) is 5.91 Å². The number of fused-ring (bicyclic) bond motifs is 1. The summed E-state index contributed by atoms with van der Waals surface area (Å²) in [6.45, 7) is 6.88. The summed E-state index contributed by atoms with van der Waals surface area (Å²) in [5.41, 5.74) is 3.53. The molecular weight excluding hydrogens is 430 g/mol. The lowest BCUT2D eigenvalue weighted by atomic mass is 9.85. The van der Waals surface area contributed by atoms with Crippen molar-refractivity contribution in [3.63, 3.8) is 0 Å². The summed E-state index contributed by atoms with van der Waals surface area (Å²) in [5.74, 6) is 1.56. The Hall–Kier alpha value is -3.20. The molecule has 0 spiro atoms. The van der Waals surface area contributed by atoms with Gasteiger partial charge in [-0.25, -0.2) is 20.0 Å². The molecule has 4 rings (SSSR count). The zero-order valence-corrected chi connectivity index (χ0v) is 20.7. The summed E-state index contributed by atoms with van der Waals surface area (Å²) in [4.78, 5) is 34.4. The lowest BCUT2D eigenvalue weighted by Crippen LogP contribution is -2.40. The number of hydrogen-bond acceptors (Lipinski definition) is 7. The molecule has 0 unspecified atom stereocenters. The number of amides is 2. The molecule has 0 bridgehead atoms. The van der Waals surface area contributed by atoms with Gasteiger partial charge < -0.3 is 16.0 Å². The van der Waals surface area contributed by atoms with Gasteiger partial charge in [0.05, 0.1) is 11.3 Å². The van der Waals surface area contributed by atoms with E-state index < -0.39 is 0 Å². The van der Waals surface area contributed by atoms with Crippen LogP contribution < -0.4 is 21.0 Å². The molecule has 1 aliphatic carbocycles. The van der Waals surface area contributed by atoms with Crippen LogP contribution in [0.5, 0.6) is 0 Å². The molecule has 3 N–H and O–H groups in total. The van der Waals surface area contributed by atoms with Crippen molar-refractivity contribution in [2.45, 2.75) is 65.1 Å². The Bertz CT molecular complexity index is 1060. The van der Waals surface area contributed by atoms with Crippen molar-refractivity contribution >= 4 is 29.1 Å². The Kier molecular flexibility index (Phi) is 7.02. The van der Waals surface area contributed by atoms with E-state index in [4.69, 9.17) is 0 Å². The van der Waals surface area contributed by atoms with E-state index in [0.717, 1.165) is 54.9 Å². The van der Waals surface area contributed by atoms with Gasteiger partial charge in [-0.3, -0.25) is 9.59 Å². The smallest absolute Gasteiger partial charge is 0.255 e. The molecule has 0 radical (unpaired) electrons. The van der Waals surface area contributed by atoms with Gasteiger partial charge in [-0.15, -0.1) is 0 Å². The van der Waals surface area contributed by atoms with Crippen LogP contribution >= 0.6 is 0 Å². The Morgan fingerprint density at radius 1 is 1.09 bits per heavy atom. The van der Waals surface area contributed by atoms with Gasteiger partial charge >= 0.3 is 0 Å².